The van der Waals surface area contributed by atoms with Crippen molar-refractivity contribution in [3.05, 3.63) is 78.6 Å². The van der Waals surface area contributed by atoms with E-state index in [4.69, 9.17) is 14.2 Å². The summed E-state index contributed by atoms with van der Waals surface area (Å²) in [5.41, 5.74) is 4.21. The number of carbonyl (C=O) groups is 1. The molecule has 226 valence electrons. The lowest BCUT2D eigenvalue weighted by Gasteiger charge is -2.32. The number of fused-ring (bicyclic) bond motifs is 1. The Morgan fingerprint density at radius 3 is 2.70 bits per heavy atom. The summed E-state index contributed by atoms with van der Waals surface area (Å²) in [5.74, 6) is 2.24. The van der Waals surface area contributed by atoms with E-state index < -0.39 is 0 Å². The zero-order valence-electron chi connectivity index (χ0n) is 25.1. The Balaban J connectivity index is 0.942. The number of hydrogen-bond donors (Lipinski definition) is 0. The van der Waals surface area contributed by atoms with Crippen molar-refractivity contribution in [3.63, 3.8) is 0 Å². The maximum Gasteiger partial charge on any atom is 0.260 e. The molecular weight excluding hydrogens is 540 g/mol. The van der Waals surface area contributed by atoms with Crippen LogP contribution in [0.4, 0.5) is 0 Å². The van der Waals surface area contributed by atoms with Crippen LogP contribution in [0.25, 0.3) is 22.2 Å². The highest BCUT2D eigenvalue weighted by molar-refractivity contribution is 5.86. The monoisotopic (exact) mass is 582 g/mol. The Morgan fingerprint density at radius 1 is 0.977 bits per heavy atom. The number of ether oxygens (including phenoxy) is 3. The normalized spacial score (nSPS) is 16.4. The summed E-state index contributed by atoms with van der Waals surface area (Å²) < 4.78 is 19.6. The Morgan fingerprint density at radius 2 is 1.84 bits per heavy atom. The SMILES string of the molecule is Cn1ccc2cc(-c3ncccc3OCC(=O)N3CCC(CCc4cccc(OCCN5CCOCC5)c4)CC3)ccc21. The molecule has 0 saturated carbocycles. The van der Waals surface area contributed by atoms with E-state index in [0.717, 1.165) is 94.0 Å². The highest BCUT2D eigenvalue weighted by atomic mass is 16.5. The fraction of sp³-hybridized carbons (Fsp3) is 0.429. The number of benzene rings is 2. The van der Waals surface area contributed by atoms with Gasteiger partial charge in [-0.1, -0.05) is 18.2 Å². The van der Waals surface area contributed by atoms with Gasteiger partial charge in [0.05, 0.1) is 13.2 Å². The summed E-state index contributed by atoms with van der Waals surface area (Å²) in [6.45, 7) is 6.82. The first-order valence-electron chi connectivity index (χ1n) is 15.6. The van der Waals surface area contributed by atoms with Gasteiger partial charge in [-0.2, -0.15) is 0 Å². The van der Waals surface area contributed by atoms with Crippen LogP contribution in [0.2, 0.25) is 0 Å². The molecule has 2 aliphatic heterocycles. The number of aromatic nitrogens is 2. The van der Waals surface area contributed by atoms with Crippen LogP contribution in [0.1, 0.15) is 24.8 Å². The number of piperidine rings is 1. The molecule has 4 aromatic rings. The highest BCUT2D eigenvalue weighted by Gasteiger charge is 2.23. The van der Waals surface area contributed by atoms with E-state index in [9.17, 15) is 4.79 Å². The van der Waals surface area contributed by atoms with Crippen molar-refractivity contribution in [1.29, 1.82) is 0 Å². The number of hydrogen-bond acceptors (Lipinski definition) is 6. The minimum atomic E-state index is 0.0231. The van der Waals surface area contributed by atoms with E-state index >= 15 is 0 Å². The minimum absolute atomic E-state index is 0.0231. The smallest absolute Gasteiger partial charge is 0.260 e. The molecule has 2 aromatic carbocycles. The van der Waals surface area contributed by atoms with Crippen molar-refractivity contribution in [1.82, 2.24) is 19.4 Å². The van der Waals surface area contributed by atoms with Crippen LogP contribution in [0.3, 0.4) is 0 Å². The maximum absolute atomic E-state index is 13.1. The predicted octanol–water partition coefficient (Wildman–Crippen LogP) is 5.20. The molecule has 0 aliphatic carbocycles. The molecule has 43 heavy (non-hydrogen) atoms. The Hall–Kier alpha value is -3.88. The van der Waals surface area contributed by atoms with Crippen LogP contribution in [-0.4, -0.2) is 84.4 Å². The van der Waals surface area contributed by atoms with Crippen LogP contribution in [0.15, 0.2) is 73.1 Å². The molecule has 0 unspecified atom stereocenters. The van der Waals surface area contributed by atoms with Crippen molar-refractivity contribution in [2.75, 3.05) is 59.2 Å². The molecular formula is C35H42N4O4. The zero-order valence-corrected chi connectivity index (χ0v) is 25.1. The number of likely N-dealkylation sites (tertiary alicyclic amines) is 1. The molecule has 6 rings (SSSR count). The summed E-state index contributed by atoms with van der Waals surface area (Å²) in [7, 11) is 2.04. The third-order valence-corrected chi connectivity index (χ3v) is 8.77. The molecule has 2 fully saturated rings. The summed E-state index contributed by atoms with van der Waals surface area (Å²) in [6, 6.07) is 20.6. The van der Waals surface area contributed by atoms with Gasteiger partial charge in [0.15, 0.2) is 6.61 Å². The number of morpholine rings is 1. The standard InChI is InChI=1S/C35H42N4O4/c1-37-15-13-29-25-30(9-10-32(29)37)35-33(6-3-14-36-35)43-26-34(40)39-16-11-27(12-17-39)7-8-28-4-2-5-31(24-28)42-23-20-38-18-21-41-22-19-38/h2-6,9-10,13-15,24-25,27H,7-8,11-12,16-23,26H2,1H3. The van der Waals surface area contributed by atoms with Crippen molar-refractivity contribution in [2.24, 2.45) is 13.0 Å². The first-order valence-corrected chi connectivity index (χ1v) is 15.6. The molecule has 0 bridgehead atoms. The van der Waals surface area contributed by atoms with Gasteiger partial charge in [0, 0.05) is 68.6 Å². The number of aryl methyl sites for hydroxylation is 2. The third-order valence-electron chi connectivity index (χ3n) is 8.77. The second-order valence-electron chi connectivity index (χ2n) is 11.7. The second kappa shape index (κ2) is 14.1. The number of nitrogens with zero attached hydrogens (tertiary/aromatic N) is 4. The Kier molecular flexibility index (Phi) is 9.55. The fourth-order valence-electron chi connectivity index (χ4n) is 6.13. The van der Waals surface area contributed by atoms with Gasteiger partial charge in [0.1, 0.15) is 23.8 Å². The second-order valence-corrected chi connectivity index (χ2v) is 11.7. The highest BCUT2D eigenvalue weighted by Crippen LogP contribution is 2.30. The summed E-state index contributed by atoms with van der Waals surface area (Å²) >= 11 is 0. The molecule has 2 saturated heterocycles. The maximum atomic E-state index is 13.1. The van der Waals surface area contributed by atoms with Crippen LogP contribution >= 0.6 is 0 Å². The lowest BCUT2D eigenvalue weighted by molar-refractivity contribution is -0.134. The number of amides is 1. The minimum Gasteiger partial charge on any atom is -0.492 e. The van der Waals surface area contributed by atoms with Crippen molar-refractivity contribution < 1.29 is 19.0 Å². The van der Waals surface area contributed by atoms with Crippen LogP contribution in [0, 0.1) is 5.92 Å². The number of rotatable bonds is 11. The van der Waals surface area contributed by atoms with Crippen molar-refractivity contribution in [3.8, 4) is 22.8 Å². The van der Waals surface area contributed by atoms with E-state index in [1.165, 1.54) is 11.1 Å². The van der Waals surface area contributed by atoms with E-state index in [2.05, 4.69) is 56.9 Å². The van der Waals surface area contributed by atoms with Crippen molar-refractivity contribution >= 4 is 16.8 Å². The first-order chi connectivity index (χ1) is 21.1. The van der Waals surface area contributed by atoms with Crippen LogP contribution in [0.5, 0.6) is 11.5 Å². The molecule has 0 N–H and O–H groups in total. The van der Waals surface area contributed by atoms with Gasteiger partial charge < -0.3 is 23.7 Å². The van der Waals surface area contributed by atoms with Gasteiger partial charge in [-0.15, -0.1) is 0 Å². The largest absolute Gasteiger partial charge is 0.492 e. The molecule has 4 heterocycles. The Bertz CT molecular complexity index is 1500. The zero-order chi connectivity index (χ0) is 29.4. The molecule has 0 radical (unpaired) electrons. The van der Waals surface area contributed by atoms with Gasteiger partial charge >= 0.3 is 0 Å². The number of pyridine rings is 1. The molecule has 8 heteroatoms. The molecule has 1 amide bonds. The predicted molar refractivity (Wildman–Crippen MR) is 168 cm³/mol. The van der Waals surface area contributed by atoms with Gasteiger partial charge in [-0.25, -0.2) is 0 Å². The first kappa shape index (κ1) is 29.2. The lowest BCUT2D eigenvalue weighted by atomic mass is 9.90. The van der Waals surface area contributed by atoms with E-state index in [-0.39, 0.29) is 12.5 Å². The van der Waals surface area contributed by atoms with Gasteiger partial charge in [-0.05, 0) is 79.6 Å². The molecule has 2 aromatic heterocycles. The van der Waals surface area contributed by atoms with Gasteiger partial charge in [0.2, 0.25) is 0 Å². The average Bonchev–Trinajstić information content (AvgIpc) is 3.43. The number of carbonyl (C=O) groups excluding carboxylic acids is 1. The van der Waals surface area contributed by atoms with Gasteiger partial charge in [0.25, 0.3) is 5.91 Å². The topological polar surface area (TPSA) is 69.1 Å². The van der Waals surface area contributed by atoms with E-state index in [0.29, 0.717) is 18.3 Å². The average molecular weight is 583 g/mol. The molecule has 0 atom stereocenters. The molecule has 0 spiro atoms. The van der Waals surface area contributed by atoms with Crippen LogP contribution < -0.4 is 9.47 Å². The summed E-state index contributed by atoms with van der Waals surface area (Å²) in [6.07, 6.45) is 8.02. The van der Waals surface area contributed by atoms with Crippen molar-refractivity contribution in [2.45, 2.75) is 25.7 Å². The third kappa shape index (κ3) is 7.56. The summed E-state index contributed by atoms with van der Waals surface area (Å²) in [5, 5.41) is 1.15. The van der Waals surface area contributed by atoms with Crippen LogP contribution in [-0.2, 0) is 23.0 Å². The summed E-state index contributed by atoms with van der Waals surface area (Å²) in [4.78, 5) is 22.0. The van der Waals surface area contributed by atoms with Gasteiger partial charge in [-0.3, -0.25) is 14.7 Å². The molecule has 8 nitrogen and oxygen atoms in total. The quantitative estimate of drug-likeness (QED) is 0.242. The molecule has 2 aliphatic rings. The fourth-order valence-corrected chi connectivity index (χ4v) is 6.13. The Labute approximate surface area is 254 Å². The lowest BCUT2D eigenvalue weighted by Crippen LogP contribution is -2.41. The van der Waals surface area contributed by atoms with E-state index in [1.54, 1.807) is 6.20 Å². The van der Waals surface area contributed by atoms with E-state index in [1.807, 2.05) is 36.3 Å².